The Balaban J connectivity index is 1.87. The van der Waals surface area contributed by atoms with Gasteiger partial charge in [-0.3, -0.25) is 4.79 Å². The molecule has 0 spiro atoms. The van der Waals surface area contributed by atoms with Gasteiger partial charge in [0.15, 0.2) is 0 Å². The van der Waals surface area contributed by atoms with Crippen molar-refractivity contribution in [3.63, 3.8) is 0 Å². The van der Waals surface area contributed by atoms with Crippen LogP contribution in [0, 0.1) is 5.92 Å². The molecule has 16 heavy (non-hydrogen) atoms. The number of carboxylic acid groups (broad SMARTS) is 1. The van der Waals surface area contributed by atoms with Crippen LogP contribution in [-0.2, 0) is 4.79 Å². The zero-order valence-electron chi connectivity index (χ0n) is 9.96. The van der Waals surface area contributed by atoms with Crippen LogP contribution in [0.5, 0.6) is 0 Å². The van der Waals surface area contributed by atoms with E-state index in [0.29, 0.717) is 6.04 Å². The maximum absolute atomic E-state index is 10.8. The largest absolute Gasteiger partial charge is 0.481 e. The van der Waals surface area contributed by atoms with Crippen molar-refractivity contribution < 1.29 is 9.90 Å². The summed E-state index contributed by atoms with van der Waals surface area (Å²) in [5.41, 5.74) is -0.187. The highest BCUT2D eigenvalue weighted by molar-refractivity contribution is 5.68. The molecule has 0 aromatic heterocycles. The van der Waals surface area contributed by atoms with E-state index in [1.54, 1.807) is 0 Å². The van der Waals surface area contributed by atoms with Gasteiger partial charge in [0.2, 0.25) is 0 Å². The number of aliphatic carboxylic acids is 1. The molecule has 92 valence electrons. The van der Waals surface area contributed by atoms with E-state index in [2.05, 4.69) is 17.6 Å². The van der Waals surface area contributed by atoms with Crippen LogP contribution >= 0.6 is 0 Å². The van der Waals surface area contributed by atoms with E-state index in [1.807, 2.05) is 0 Å². The lowest BCUT2D eigenvalue weighted by Gasteiger charge is -2.45. The average Bonchev–Trinajstić information content (AvgIpc) is 2.66. The van der Waals surface area contributed by atoms with Crippen LogP contribution in [0.2, 0.25) is 0 Å². The zero-order valence-corrected chi connectivity index (χ0v) is 9.96. The Morgan fingerprint density at radius 2 is 2.12 bits per heavy atom. The summed E-state index contributed by atoms with van der Waals surface area (Å²) in [6.45, 7) is 3.78. The summed E-state index contributed by atoms with van der Waals surface area (Å²) in [6, 6.07) is 0.448. The molecule has 1 atom stereocenters. The molecule has 1 saturated heterocycles. The molecule has 2 rings (SSSR count). The Hall–Kier alpha value is -0.610. The fourth-order valence-electron chi connectivity index (χ4n) is 3.05. The minimum absolute atomic E-state index is 0.187. The summed E-state index contributed by atoms with van der Waals surface area (Å²) >= 11 is 0. The topological polar surface area (TPSA) is 61.4 Å². The fourth-order valence-corrected chi connectivity index (χ4v) is 3.05. The highest BCUT2D eigenvalue weighted by atomic mass is 16.4. The third-order valence-electron chi connectivity index (χ3n) is 4.06. The molecule has 4 heteroatoms. The number of hydrogen-bond donors (Lipinski definition) is 3. The van der Waals surface area contributed by atoms with Gasteiger partial charge in [-0.25, -0.2) is 0 Å². The van der Waals surface area contributed by atoms with Crippen LogP contribution in [0.25, 0.3) is 0 Å². The fraction of sp³-hybridized carbons (Fsp3) is 0.917. The van der Waals surface area contributed by atoms with Crippen LogP contribution in [0.4, 0.5) is 0 Å². The van der Waals surface area contributed by atoms with Crippen molar-refractivity contribution in [1.29, 1.82) is 0 Å². The summed E-state index contributed by atoms with van der Waals surface area (Å²) in [5, 5.41) is 15.7. The first-order chi connectivity index (χ1) is 7.61. The Morgan fingerprint density at radius 1 is 1.50 bits per heavy atom. The first kappa shape index (κ1) is 11.9. The number of hydrogen-bond acceptors (Lipinski definition) is 3. The molecule has 0 amide bonds. The van der Waals surface area contributed by atoms with Gasteiger partial charge in [-0.1, -0.05) is 12.8 Å². The van der Waals surface area contributed by atoms with Crippen LogP contribution in [0.3, 0.4) is 0 Å². The van der Waals surface area contributed by atoms with Crippen molar-refractivity contribution in [2.45, 2.75) is 50.6 Å². The van der Waals surface area contributed by atoms with E-state index < -0.39 is 5.97 Å². The van der Waals surface area contributed by atoms with Crippen molar-refractivity contribution in [1.82, 2.24) is 10.6 Å². The molecule has 1 aliphatic heterocycles. The Bertz CT molecular complexity index is 258. The molecule has 0 radical (unpaired) electrons. The van der Waals surface area contributed by atoms with Gasteiger partial charge in [-0.15, -0.1) is 0 Å². The Morgan fingerprint density at radius 3 is 2.56 bits per heavy atom. The lowest BCUT2D eigenvalue weighted by Crippen LogP contribution is -2.70. The van der Waals surface area contributed by atoms with E-state index in [1.165, 1.54) is 25.7 Å². The predicted molar refractivity (Wildman–Crippen MR) is 62.4 cm³/mol. The van der Waals surface area contributed by atoms with E-state index in [9.17, 15) is 4.79 Å². The first-order valence-corrected chi connectivity index (χ1v) is 6.31. The molecular formula is C12H22N2O2. The van der Waals surface area contributed by atoms with E-state index in [4.69, 9.17) is 5.11 Å². The highest BCUT2D eigenvalue weighted by Gasteiger charge is 2.41. The van der Waals surface area contributed by atoms with Crippen LogP contribution < -0.4 is 10.6 Å². The van der Waals surface area contributed by atoms with Crippen LogP contribution in [-0.4, -0.2) is 35.7 Å². The normalized spacial score (nSPS) is 26.3. The molecule has 4 nitrogen and oxygen atoms in total. The van der Waals surface area contributed by atoms with Crippen molar-refractivity contribution in [2.75, 3.05) is 13.1 Å². The molecule has 2 fully saturated rings. The summed E-state index contributed by atoms with van der Waals surface area (Å²) in [7, 11) is 0. The van der Waals surface area contributed by atoms with E-state index in [-0.39, 0.29) is 12.0 Å². The van der Waals surface area contributed by atoms with Gasteiger partial charge >= 0.3 is 5.97 Å². The lowest BCUT2D eigenvalue weighted by atomic mass is 9.85. The SMILES string of the molecule is C[C@H](NC1(CC(=O)O)CNC1)C1CCCC1. The number of rotatable bonds is 5. The number of carbonyl (C=O) groups is 1. The smallest absolute Gasteiger partial charge is 0.305 e. The average molecular weight is 226 g/mol. The Labute approximate surface area is 96.8 Å². The van der Waals surface area contributed by atoms with Crippen LogP contribution in [0.15, 0.2) is 0 Å². The third kappa shape index (κ3) is 2.55. The molecule has 0 aromatic carbocycles. The molecule has 2 aliphatic rings. The highest BCUT2D eigenvalue weighted by Crippen LogP contribution is 2.29. The maximum Gasteiger partial charge on any atom is 0.305 e. The summed E-state index contributed by atoms with van der Waals surface area (Å²) < 4.78 is 0. The monoisotopic (exact) mass is 226 g/mol. The molecule has 0 unspecified atom stereocenters. The molecule has 3 N–H and O–H groups in total. The third-order valence-corrected chi connectivity index (χ3v) is 4.06. The number of carboxylic acids is 1. The van der Waals surface area contributed by atoms with Gasteiger partial charge in [0.1, 0.15) is 0 Å². The zero-order chi connectivity index (χ0) is 11.6. The minimum atomic E-state index is -0.701. The van der Waals surface area contributed by atoms with Gasteiger partial charge in [0.05, 0.1) is 12.0 Å². The van der Waals surface area contributed by atoms with Gasteiger partial charge in [0.25, 0.3) is 0 Å². The Kier molecular flexibility index (Phi) is 3.50. The summed E-state index contributed by atoms with van der Waals surface area (Å²) in [4.78, 5) is 10.8. The molecule has 1 heterocycles. The maximum atomic E-state index is 10.8. The first-order valence-electron chi connectivity index (χ1n) is 6.31. The minimum Gasteiger partial charge on any atom is -0.481 e. The molecular weight excluding hydrogens is 204 g/mol. The molecule has 0 aromatic rings. The number of nitrogens with one attached hydrogen (secondary N) is 2. The van der Waals surface area contributed by atoms with Crippen molar-refractivity contribution in [3.05, 3.63) is 0 Å². The van der Waals surface area contributed by atoms with Crippen LogP contribution in [0.1, 0.15) is 39.0 Å². The second kappa shape index (κ2) is 4.72. The van der Waals surface area contributed by atoms with Gasteiger partial charge in [-0.05, 0) is 25.7 Å². The predicted octanol–water partition coefficient (Wildman–Crippen LogP) is 0.971. The van der Waals surface area contributed by atoms with E-state index in [0.717, 1.165) is 19.0 Å². The molecule has 1 saturated carbocycles. The second-order valence-corrected chi connectivity index (χ2v) is 5.43. The van der Waals surface area contributed by atoms with Crippen molar-refractivity contribution in [2.24, 2.45) is 5.92 Å². The lowest BCUT2D eigenvalue weighted by molar-refractivity contribution is -0.139. The standard InChI is InChI=1S/C12H22N2O2/c1-9(10-4-2-3-5-10)14-12(6-11(15)16)7-13-8-12/h9-10,13-14H,2-8H2,1H3,(H,15,16)/t9-/m0/s1. The summed E-state index contributed by atoms with van der Waals surface area (Å²) in [5.74, 6) is 0.0406. The molecule has 1 aliphatic carbocycles. The quantitative estimate of drug-likeness (QED) is 0.654. The van der Waals surface area contributed by atoms with Gasteiger partial charge in [-0.2, -0.15) is 0 Å². The van der Waals surface area contributed by atoms with Crippen molar-refractivity contribution >= 4 is 5.97 Å². The second-order valence-electron chi connectivity index (χ2n) is 5.43. The molecule has 0 bridgehead atoms. The van der Waals surface area contributed by atoms with Crippen molar-refractivity contribution in [3.8, 4) is 0 Å². The van der Waals surface area contributed by atoms with E-state index >= 15 is 0 Å². The summed E-state index contributed by atoms with van der Waals surface area (Å²) in [6.07, 6.45) is 5.49. The van der Waals surface area contributed by atoms with Gasteiger partial charge in [0, 0.05) is 19.1 Å². The van der Waals surface area contributed by atoms with Gasteiger partial charge < -0.3 is 15.7 Å².